The van der Waals surface area contributed by atoms with Gasteiger partial charge < -0.3 is 10.7 Å². The Kier molecular flexibility index (Phi) is 2.45. The van der Waals surface area contributed by atoms with Crippen LogP contribution in [0.25, 0.3) is 0 Å². The fraction of sp³-hybridized carbons (Fsp3) is 0.167. The van der Waals surface area contributed by atoms with E-state index in [0.29, 0.717) is 6.07 Å². The Hall–Kier alpha value is -1.99. The summed E-state index contributed by atoms with van der Waals surface area (Å²) in [6.07, 6.45) is -3.12. The van der Waals surface area contributed by atoms with Gasteiger partial charge >= 0.3 is 0 Å². The molecule has 14 heavy (non-hydrogen) atoms. The summed E-state index contributed by atoms with van der Waals surface area (Å²) in [6.45, 7) is 0. The first kappa shape index (κ1) is 10.1. The number of rotatable bonds is 2. The SMILES string of the molecule is Nc1cc([N+](=O)[O-])c(C(F)F)[nH]c1=O. The van der Waals surface area contributed by atoms with Crippen molar-refractivity contribution in [3.05, 3.63) is 32.2 Å². The van der Waals surface area contributed by atoms with Crippen LogP contribution >= 0.6 is 0 Å². The number of halogens is 2. The molecule has 1 rings (SSSR count). The molecule has 1 aromatic rings. The monoisotopic (exact) mass is 205 g/mol. The molecule has 0 radical (unpaired) electrons. The first-order valence-electron chi connectivity index (χ1n) is 3.38. The minimum absolute atomic E-state index is 0.471. The van der Waals surface area contributed by atoms with E-state index in [4.69, 9.17) is 5.73 Å². The maximum Gasteiger partial charge on any atom is 0.296 e. The molecule has 0 amide bonds. The topological polar surface area (TPSA) is 102 Å². The minimum Gasteiger partial charge on any atom is -0.394 e. The number of nitrogens with zero attached hydrogens (tertiary/aromatic N) is 1. The molecule has 0 unspecified atom stereocenters. The number of hydrogen-bond acceptors (Lipinski definition) is 4. The van der Waals surface area contributed by atoms with Crippen LogP contribution in [0.3, 0.4) is 0 Å². The number of nitrogens with two attached hydrogens (primary N) is 1. The summed E-state index contributed by atoms with van der Waals surface area (Å²) in [4.78, 5) is 21.7. The van der Waals surface area contributed by atoms with Crippen LogP contribution < -0.4 is 11.3 Å². The van der Waals surface area contributed by atoms with E-state index in [1.807, 2.05) is 0 Å². The zero-order chi connectivity index (χ0) is 10.9. The van der Waals surface area contributed by atoms with Gasteiger partial charge in [-0.1, -0.05) is 0 Å². The standard InChI is InChI=1S/C6H5F2N3O3/c7-5(8)4-3(11(13)14)1-2(9)6(12)10-4/h1,5H,9H2,(H,10,12). The van der Waals surface area contributed by atoms with E-state index >= 15 is 0 Å². The first-order chi connectivity index (χ1) is 6.43. The lowest BCUT2D eigenvalue weighted by molar-refractivity contribution is -0.386. The lowest BCUT2D eigenvalue weighted by atomic mass is 10.3. The van der Waals surface area contributed by atoms with Crippen LogP contribution in [-0.2, 0) is 0 Å². The second-order valence-electron chi connectivity index (χ2n) is 2.41. The highest BCUT2D eigenvalue weighted by Crippen LogP contribution is 2.26. The lowest BCUT2D eigenvalue weighted by Gasteiger charge is -2.01. The third kappa shape index (κ3) is 1.68. The molecule has 0 bridgehead atoms. The molecule has 0 saturated heterocycles. The molecule has 0 atom stereocenters. The van der Waals surface area contributed by atoms with E-state index in [-0.39, 0.29) is 0 Å². The molecule has 0 saturated carbocycles. The Morgan fingerprint density at radius 1 is 1.57 bits per heavy atom. The molecular weight excluding hydrogens is 200 g/mol. The Labute approximate surface area is 75.5 Å². The van der Waals surface area contributed by atoms with Gasteiger partial charge in [0.25, 0.3) is 17.7 Å². The first-order valence-corrected chi connectivity index (χ1v) is 3.38. The van der Waals surface area contributed by atoms with Crippen LogP contribution in [-0.4, -0.2) is 9.91 Å². The van der Waals surface area contributed by atoms with Crippen molar-refractivity contribution in [3.63, 3.8) is 0 Å². The van der Waals surface area contributed by atoms with Gasteiger partial charge in [0.1, 0.15) is 5.69 Å². The van der Waals surface area contributed by atoms with Gasteiger partial charge in [-0.25, -0.2) is 8.78 Å². The average molecular weight is 205 g/mol. The number of nitrogen functional groups attached to an aromatic ring is 1. The third-order valence-corrected chi connectivity index (χ3v) is 1.49. The zero-order valence-electron chi connectivity index (χ0n) is 6.66. The summed E-state index contributed by atoms with van der Waals surface area (Å²) < 4.78 is 24.4. The summed E-state index contributed by atoms with van der Waals surface area (Å²) in [5, 5.41) is 10.3. The van der Waals surface area contributed by atoms with Gasteiger partial charge in [-0.05, 0) is 0 Å². The Bertz CT molecular complexity index is 429. The van der Waals surface area contributed by atoms with Crippen molar-refractivity contribution in [3.8, 4) is 0 Å². The predicted octanol–water partition coefficient (Wildman–Crippen LogP) is 0.803. The molecule has 8 heteroatoms. The number of anilines is 1. The molecule has 76 valence electrons. The molecule has 3 N–H and O–H groups in total. The van der Waals surface area contributed by atoms with E-state index in [1.165, 1.54) is 0 Å². The molecule has 0 aliphatic rings. The largest absolute Gasteiger partial charge is 0.394 e. The van der Waals surface area contributed by atoms with E-state index in [1.54, 1.807) is 4.98 Å². The van der Waals surface area contributed by atoms with Crippen LogP contribution in [0.2, 0.25) is 0 Å². The van der Waals surface area contributed by atoms with E-state index in [9.17, 15) is 23.7 Å². The molecule has 0 fully saturated rings. The minimum atomic E-state index is -3.12. The van der Waals surface area contributed by atoms with Crippen molar-refractivity contribution in [1.82, 2.24) is 4.98 Å². The van der Waals surface area contributed by atoms with Gasteiger partial charge in [0.05, 0.1) is 4.92 Å². The van der Waals surface area contributed by atoms with Crippen LogP contribution in [0.1, 0.15) is 12.1 Å². The van der Waals surface area contributed by atoms with Gasteiger partial charge in [-0.15, -0.1) is 0 Å². The van der Waals surface area contributed by atoms with Crippen molar-refractivity contribution in [2.24, 2.45) is 0 Å². The number of aromatic nitrogens is 1. The van der Waals surface area contributed by atoms with Crippen molar-refractivity contribution >= 4 is 11.4 Å². The summed E-state index contributed by atoms with van der Waals surface area (Å²) in [6, 6.07) is 0.611. The maximum atomic E-state index is 12.2. The third-order valence-electron chi connectivity index (χ3n) is 1.49. The van der Waals surface area contributed by atoms with E-state index in [2.05, 4.69) is 0 Å². The number of alkyl halides is 2. The lowest BCUT2D eigenvalue weighted by Crippen LogP contribution is -2.15. The molecule has 6 nitrogen and oxygen atoms in total. The van der Waals surface area contributed by atoms with Crippen LogP contribution in [0.15, 0.2) is 10.9 Å². The normalized spacial score (nSPS) is 10.5. The summed E-state index contributed by atoms with van der Waals surface area (Å²) >= 11 is 0. The quantitative estimate of drug-likeness (QED) is 0.550. The number of hydrogen-bond donors (Lipinski definition) is 2. The van der Waals surface area contributed by atoms with Crippen molar-refractivity contribution in [2.75, 3.05) is 5.73 Å². The predicted molar refractivity (Wildman–Crippen MR) is 43.1 cm³/mol. The molecule has 0 aromatic carbocycles. The molecule has 0 aliphatic heterocycles. The number of aromatic amines is 1. The second-order valence-corrected chi connectivity index (χ2v) is 2.41. The van der Waals surface area contributed by atoms with Crippen LogP contribution in [0.4, 0.5) is 20.2 Å². The van der Waals surface area contributed by atoms with Gasteiger partial charge in [0.15, 0.2) is 5.69 Å². The van der Waals surface area contributed by atoms with Gasteiger partial charge in [0.2, 0.25) is 0 Å². The van der Waals surface area contributed by atoms with Crippen molar-refractivity contribution in [2.45, 2.75) is 6.43 Å². The highest BCUT2D eigenvalue weighted by atomic mass is 19.3. The maximum absolute atomic E-state index is 12.2. The number of nitrogens with one attached hydrogen (secondary N) is 1. The summed E-state index contributed by atoms with van der Waals surface area (Å²) in [5.74, 6) is 0. The molecule has 0 spiro atoms. The number of pyridine rings is 1. The Balaban J connectivity index is 3.47. The van der Waals surface area contributed by atoms with Crippen LogP contribution in [0.5, 0.6) is 0 Å². The Morgan fingerprint density at radius 3 is 2.57 bits per heavy atom. The van der Waals surface area contributed by atoms with Gasteiger partial charge in [-0.3, -0.25) is 14.9 Å². The molecule has 0 aliphatic carbocycles. The average Bonchev–Trinajstić information content (AvgIpc) is 2.08. The highest BCUT2D eigenvalue weighted by Gasteiger charge is 2.23. The zero-order valence-corrected chi connectivity index (χ0v) is 6.66. The summed E-state index contributed by atoms with van der Waals surface area (Å²) in [5.41, 5.74) is 1.67. The van der Waals surface area contributed by atoms with Gasteiger partial charge in [0, 0.05) is 6.07 Å². The number of H-pyrrole nitrogens is 1. The number of nitro groups is 1. The fourth-order valence-electron chi connectivity index (χ4n) is 0.867. The van der Waals surface area contributed by atoms with Gasteiger partial charge in [-0.2, -0.15) is 0 Å². The van der Waals surface area contributed by atoms with E-state index in [0.717, 1.165) is 0 Å². The molecule has 1 aromatic heterocycles. The molecule has 1 heterocycles. The van der Waals surface area contributed by atoms with Crippen molar-refractivity contribution in [1.29, 1.82) is 0 Å². The highest BCUT2D eigenvalue weighted by molar-refractivity contribution is 5.48. The smallest absolute Gasteiger partial charge is 0.296 e. The Morgan fingerprint density at radius 2 is 2.14 bits per heavy atom. The van der Waals surface area contributed by atoms with E-state index < -0.39 is 34.0 Å². The fourth-order valence-corrected chi connectivity index (χ4v) is 0.867. The molecular formula is C6H5F2N3O3. The second kappa shape index (κ2) is 3.40. The van der Waals surface area contributed by atoms with Crippen molar-refractivity contribution < 1.29 is 13.7 Å². The van der Waals surface area contributed by atoms with Crippen LogP contribution in [0, 0.1) is 10.1 Å². The summed E-state index contributed by atoms with van der Waals surface area (Å²) in [7, 11) is 0.